The van der Waals surface area contributed by atoms with Gasteiger partial charge in [0.2, 0.25) is 0 Å². The summed E-state index contributed by atoms with van der Waals surface area (Å²) < 4.78 is 5.57. The van der Waals surface area contributed by atoms with Gasteiger partial charge in [0.15, 0.2) is 0 Å². The molecule has 1 aromatic heterocycles. The number of anilines is 2. The fourth-order valence-electron chi connectivity index (χ4n) is 1.83. The molecular formula is C15H17N3O3. The molecule has 0 aliphatic carbocycles. The van der Waals surface area contributed by atoms with Gasteiger partial charge >= 0.3 is 5.97 Å². The molecule has 0 radical (unpaired) electrons. The van der Waals surface area contributed by atoms with Crippen molar-refractivity contribution in [2.45, 2.75) is 6.92 Å². The van der Waals surface area contributed by atoms with Gasteiger partial charge in [0.1, 0.15) is 23.7 Å². The minimum absolute atomic E-state index is 0.0468. The molecule has 1 aromatic carbocycles. The van der Waals surface area contributed by atoms with Crippen LogP contribution in [0.25, 0.3) is 0 Å². The molecule has 0 aliphatic heterocycles. The van der Waals surface area contributed by atoms with Crippen molar-refractivity contribution in [3.63, 3.8) is 0 Å². The average molecular weight is 287 g/mol. The summed E-state index contributed by atoms with van der Waals surface area (Å²) in [4.78, 5) is 15.1. The number of carboxylic acid groups (broad SMARTS) is 1. The lowest BCUT2D eigenvalue weighted by Crippen LogP contribution is -2.15. The molecule has 0 fully saturated rings. The number of hydrogen-bond acceptors (Lipinski definition) is 5. The number of benzene rings is 1. The zero-order valence-electron chi connectivity index (χ0n) is 11.7. The van der Waals surface area contributed by atoms with E-state index in [0.29, 0.717) is 18.8 Å². The maximum absolute atomic E-state index is 11.1. The van der Waals surface area contributed by atoms with Gasteiger partial charge in [-0.3, -0.25) is 0 Å². The Bertz CT molecular complexity index is 644. The predicted octanol–water partition coefficient (Wildman–Crippen LogP) is 2.16. The van der Waals surface area contributed by atoms with Crippen LogP contribution in [0.15, 0.2) is 36.5 Å². The van der Waals surface area contributed by atoms with Gasteiger partial charge in [-0.1, -0.05) is 12.1 Å². The van der Waals surface area contributed by atoms with Crippen molar-refractivity contribution in [1.29, 1.82) is 0 Å². The Morgan fingerprint density at radius 2 is 2.24 bits per heavy atom. The number of aromatic nitrogens is 1. The van der Waals surface area contributed by atoms with Crippen LogP contribution >= 0.6 is 0 Å². The quantitative estimate of drug-likeness (QED) is 0.704. The second-order valence-corrected chi connectivity index (χ2v) is 4.56. The lowest BCUT2D eigenvalue weighted by Gasteiger charge is -2.10. The molecule has 6 heteroatoms. The first kappa shape index (κ1) is 14.6. The van der Waals surface area contributed by atoms with Gasteiger partial charge < -0.3 is 20.9 Å². The van der Waals surface area contributed by atoms with Gasteiger partial charge in [0.05, 0.1) is 18.4 Å². The summed E-state index contributed by atoms with van der Waals surface area (Å²) in [5.74, 6) is -0.0121. The summed E-state index contributed by atoms with van der Waals surface area (Å²) in [6, 6.07) is 9.09. The predicted molar refractivity (Wildman–Crippen MR) is 80.8 cm³/mol. The molecular weight excluding hydrogens is 270 g/mol. The molecule has 110 valence electrons. The summed E-state index contributed by atoms with van der Waals surface area (Å²) in [5, 5.41) is 12.0. The number of ether oxygens (including phenoxy) is 1. The number of nitrogen functional groups attached to an aromatic ring is 1. The highest BCUT2D eigenvalue weighted by Crippen LogP contribution is 2.15. The van der Waals surface area contributed by atoms with Crippen LogP contribution in [0, 0.1) is 6.92 Å². The molecule has 0 unspecified atom stereocenters. The second-order valence-electron chi connectivity index (χ2n) is 4.56. The van der Waals surface area contributed by atoms with E-state index in [1.54, 1.807) is 0 Å². The summed E-state index contributed by atoms with van der Waals surface area (Å²) in [7, 11) is 0. The molecule has 0 saturated carbocycles. The number of pyridine rings is 1. The minimum atomic E-state index is -1.07. The van der Waals surface area contributed by atoms with Gasteiger partial charge in [-0.25, -0.2) is 9.78 Å². The molecule has 0 aliphatic rings. The van der Waals surface area contributed by atoms with E-state index >= 15 is 0 Å². The Morgan fingerprint density at radius 3 is 2.95 bits per heavy atom. The zero-order valence-corrected chi connectivity index (χ0v) is 11.7. The first-order chi connectivity index (χ1) is 10.1. The van der Waals surface area contributed by atoms with Gasteiger partial charge in [0, 0.05) is 0 Å². The number of nitrogens with zero attached hydrogens (tertiary/aromatic N) is 1. The van der Waals surface area contributed by atoms with Crippen molar-refractivity contribution >= 4 is 17.5 Å². The lowest BCUT2D eigenvalue weighted by molar-refractivity contribution is 0.0697. The van der Waals surface area contributed by atoms with Crippen molar-refractivity contribution in [3.8, 4) is 5.75 Å². The topological polar surface area (TPSA) is 97.5 Å². The van der Waals surface area contributed by atoms with Crippen LogP contribution in [0.5, 0.6) is 5.75 Å². The second kappa shape index (κ2) is 6.60. The number of hydrogen-bond donors (Lipinski definition) is 3. The highest BCUT2D eigenvalue weighted by molar-refractivity contribution is 5.94. The number of aryl methyl sites for hydroxylation is 1. The Labute approximate surface area is 122 Å². The molecule has 2 rings (SSSR count). The third-order valence-electron chi connectivity index (χ3n) is 2.79. The Morgan fingerprint density at radius 1 is 1.43 bits per heavy atom. The number of rotatable bonds is 6. The lowest BCUT2D eigenvalue weighted by atomic mass is 10.2. The maximum Gasteiger partial charge on any atom is 0.339 e. The minimum Gasteiger partial charge on any atom is -0.492 e. The van der Waals surface area contributed by atoms with Crippen LogP contribution in [0.3, 0.4) is 0 Å². The highest BCUT2D eigenvalue weighted by atomic mass is 16.5. The zero-order chi connectivity index (χ0) is 15.2. The molecule has 0 saturated heterocycles. The third-order valence-corrected chi connectivity index (χ3v) is 2.79. The van der Waals surface area contributed by atoms with Crippen molar-refractivity contribution in [2.24, 2.45) is 0 Å². The van der Waals surface area contributed by atoms with Crippen LogP contribution in [0.1, 0.15) is 15.9 Å². The fourth-order valence-corrected chi connectivity index (χ4v) is 1.83. The normalized spacial score (nSPS) is 10.1. The SMILES string of the molecule is Cc1cccc(OCCNc2ncc(N)cc2C(=O)O)c1. The summed E-state index contributed by atoms with van der Waals surface area (Å²) in [6.07, 6.45) is 1.41. The van der Waals surface area contributed by atoms with Gasteiger partial charge in [-0.15, -0.1) is 0 Å². The molecule has 0 atom stereocenters. The summed E-state index contributed by atoms with van der Waals surface area (Å²) in [6.45, 7) is 2.82. The smallest absolute Gasteiger partial charge is 0.339 e. The van der Waals surface area contributed by atoms with Crippen LogP contribution in [0.2, 0.25) is 0 Å². The van der Waals surface area contributed by atoms with E-state index in [-0.39, 0.29) is 11.4 Å². The summed E-state index contributed by atoms with van der Waals surface area (Å²) >= 11 is 0. The molecule has 4 N–H and O–H groups in total. The third kappa shape index (κ3) is 4.10. The standard InChI is InChI=1S/C15H17N3O3/c1-10-3-2-4-12(7-10)21-6-5-17-14-13(15(19)20)8-11(16)9-18-14/h2-4,7-9H,5-6,16H2,1H3,(H,17,18)(H,19,20). The van der Waals surface area contributed by atoms with Crippen LogP contribution in [-0.4, -0.2) is 29.2 Å². The van der Waals surface area contributed by atoms with Crippen molar-refractivity contribution in [2.75, 3.05) is 24.2 Å². The first-order valence-electron chi connectivity index (χ1n) is 6.48. The molecule has 6 nitrogen and oxygen atoms in total. The van der Waals surface area contributed by atoms with E-state index in [9.17, 15) is 4.79 Å². The van der Waals surface area contributed by atoms with Crippen molar-refractivity contribution in [1.82, 2.24) is 4.98 Å². The van der Waals surface area contributed by atoms with Crippen molar-refractivity contribution in [3.05, 3.63) is 47.7 Å². The van der Waals surface area contributed by atoms with Gasteiger partial charge in [0.25, 0.3) is 0 Å². The molecule has 0 amide bonds. The molecule has 21 heavy (non-hydrogen) atoms. The fraction of sp³-hybridized carbons (Fsp3) is 0.200. The van der Waals surface area contributed by atoms with E-state index in [0.717, 1.165) is 11.3 Å². The maximum atomic E-state index is 11.1. The Hall–Kier alpha value is -2.76. The number of carbonyl (C=O) groups is 1. The number of carboxylic acids is 1. The number of aromatic carboxylic acids is 1. The molecule has 1 heterocycles. The van der Waals surface area contributed by atoms with Gasteiger partial charge in [-0.05, 0) is 30.7 Å². The number of nitrogens with one attached hydrogen (secondary N) is 1. The molecule has 0 bridgehead atoms. The van der Waals surface area contributed by atoms with E-state index in [1.165, 1.54) is 12.3 Å². The van der Waals surface area contributed by atoms with E-state index < -0.39 is 5.97 Å². The average Bonchev–Trinajstić information content (AvgIpc) is 2.44. The van der Waals surface area contributed by atoms with Crippen LogP contribution in [-0.2, 0) is 0 Å². The van der Waals surface area contributed by atoms with Crippen LogP contribution in [0.4, 0.5) is 11.5 Å². The van der Waals surface area contributed by atoms with Crippen molar-refractivity contribution < 1.29 is 14.6 Å². The van der Waals surface area contributed by atoms with Gasteiger partial charge in [-0.2, -0.15) is 0 Å². The molecule has 0 spiro atoms. The Kier molecular flexibility index (Phi) is 4.61. The monoisotopic (exact) mass is 287 g/mol. The number of nitrogens with two attached hydrogens (primary N) is 1. The molecule has 2 aromatic rings. The van der Waals surface area contributed by atoms with E-state index in [2.05, 4.69) is 10.3 Å². The highest BCUT2D eigenvalue weighted by Gasteiger charge is 2.11. The summed E-state index contributed by atoms with van der Waals surface area (Å²) in [5.41, 5.74) is 7.01. The van der Waals surface area contributed by atoms with Crippen LogP contribution < -0.4 is 15.8 Å². The largest absolute Gasteiger partial charge is 0.492 e. The Balaban J connectivity index is 1.90. The van der Waals surface area contributed by atoms with E-state index in [1.807, 2.05) is 31.2 Å². The van der Waals surface area contributed by atoms with E-state index in [4.69, 9.17) is 15.6 Å². The first-order valence-corrected chi connectivity index (χ1v) is 6.48.